The van der Waals surface area contributed by atoms with Crippen LogP contribution in [0.4, 0.5) is 4.79 Å². The lowest BCUT2D eigenvalue weighted by Crippen LogP contribution is -2.33. The number of carbonyl (C=O) groups excluding carboxylic acids is 2. The third kappa shape index (κ3) is 9.91. The molecule has 0 radical (unpaired) electrons. The molecule has 1 rings (SSSR count). The van der Waals surface area contributed by atoms with E-state index < -0.39 is 6.09 Å². The molecular formula is C17H27N3O4S2. The Morgan fingerprint density at radius 3 is 2.62 bits per heavy atom. The SMILES string of the molecule is CCOC(=O)CCN(Cc1ccccc1)SN(C)C(=O)ONCCSC. The molecule has 0 bridgehead atoms. The largest absolute Gasteiger partial charge is 0.466 e. The summed E-state index contributed by atoms with van der Waals surface area (Å²) in [5, 5.41) is 0. The van der Waals surface area contributed by atoms with Crippen molar-refractivity contribution < 1.29 is 19.2 Å². The predicted molar refractivity (Wildman–Crippen MR) is 106 cm³/mol. The van der Waals surface area contributed by atoms with Crippen LogP contribution in [-0.2, 0) is 20.9 Å². The van der Waals surface area contributed by atoms with E-state index in [1.165, 1.54) is 16.4 Å². The van der Waals surface area contributed by atoms with Crippen LogP contribution in [0.15, 0.2) is 30.3 Å². The van der Waals surface area contributed by atoms with Crippen molar-refractivity contribution in [3.63, 3.8) is 0 Å². The number of hydrogen-bond donors (Lipinski definition) is 1. The van der Waals surface area contributed by atoms with Gasteiger partial charge in [-0.1, -0.05) is 30.3 Å². The summed E-state index contributed by atoms with van der Waals surface area (Å²) in [6.07, 6.45) is 1.74. The van der Waals surface area contributed by atoms with Crippen molar-refractivity contribution in [1.82, 2.24) is 14.1 Å². The molecule has 0 spiro atoms. The van der Waals surface area contributed by atoms with Gasteiger partial charge in [-0.3, -0.25) is 4.79 Å². The van der Waals surface area contributed by atoms with Gasteiger partial charge in [0.2, 0.25) is 0 Å². The third-order valence-electron chi connectivity index (χ3n) is 3.14. The maximum atomic E-state index is 12.0. The molecule has 0 aromatic heterocycles. The predicted octanol–water partition coefficient (Wildman–Crippen LogP) is 2.94. The first-order chi connectivity index (χ1) is 12.6. The molecule has 1 aromatic carbocycles. The maximum absolute atomic E-state index is 12.0. The molecular weight excluding hydrogens is 374 g/mol. The number of benzene rings is 1. The van der Waals surface area contributed by atoms with Crippen molar-refractivity contribution in [3.05, 3.63) is 35.9 Å². The minimum Gasteiger partial charge on any atom is -0.466 e. The molecule has 0 saturated heterocycles. The summed E-state index contributed by atoms with van der Waals surface area (Å²) in [7, 11) is 1.63. The molecule has 0 heterocycles. The van der Waals surface area contributed by atoms with E-state index in [1.54, 1.807) is 25.7 Å². The number of nitrogens with zero attached hydrogens (tertiary/aromatic N) is 2. The molecule has 26 heavy (non-hydrogen) atoms. The lowest BCUT2D eigenvalue weighted by Gasteiger charge is -2.25. The van der Waals surface area contributed by atoms with Crippen molar-refractivity contribution >= 4 is 36.0 Å². The van der Waals surface area contributed by atoms with Crippen LogP contribution in [0, 0.1) is 0 Å². The Morgan fingerprint density at radius 1 is 1.23 bits per heavy atom. The molecule has 1 N–H and O–H groups in total. The average Bonchev–Trinajstić information content (AvgIpc) is 2.64. The zero-order valence-electron chi connectivity index (χ0n) is 15.5. The number of nitrogens with one attached hydrogen (secondary N) is 1. The number of thioether (sulfide) groups is 1. The summed E-state index contributed by atoms with van der Waals surface area (Å²) < 4.78 is 8.29. The van der Waals surface area contributed by atoms with Gasteiger partial charge in [-0.25, -0.2) is 13.4 Å². The highest BCUT2D eigenvalue weighted by Gasteiger charge is 2.18. The van der Waals surface area contributed by atoms with Crippen LogP contribution >= 0.6 is 23.9 Å². The minimum atomic E-state index is -0.495. The highest BCUT2D eigenvalue weighted by molar-refractivity contribution is 7.98. The van der Waals surface area contributed by atoms with E-state index >= 15 is 0 Å². The topological polar surface area (TPSA) is 71.1 Å². The van der Waals surface area contributed by atoms with Crippen molar-refractivity contribution in [3.8, 4) is 0 Å². The van der Waals surface area contributed by atoms with E-state index in [-0.39, 0.29) is 12.4 Å². The second-order valence-electron chi connectivity index (χ2n) is 5.24. The number of hydroxylamine groups is 1. The molecule has 0 saturated carbocycles. The van der Waals surface area contributed by atoms with Crippen LogP contribution in [0.3, 0.4) is 0 Å². The van der Waals surface area contributed by atoms with Gasteiger partial charge in [-0.05, 0) is 18.7 Å². The van der Waals surface area contributed by atoms with Crippen LogP contribution in [0.2, 0.25) is 0 Å². The van der Waals surface area contributed by atoms with Gasteiger partial charge in [0.1, 0.15) is 0 Å². The molecule has 9 heteroatoms. The molecule has 146 valence electrons. The fourth-order valence-corrected chi connectivity index (χ4v) is 3.03. The summed E-state index contributed by atoms with van der Waals surface area (Å²) in [6.45, 7) is 3.77. The molecule has 1 aromatic rings. The molecule has 0 atom stereocenters. The second kappa shape index (κ2) is 13.7. The van der Waals surface area contributed by atoms with Crippen molar-refractivity contribution in [1.29, 1.82) is 0 Å². The van der Waals surface area contributed by atoms with Crippen LogP contribution in [0.1, 0.15) is 18.9 Å². The molecule has 7 nitrogen and oxygen atoms in total. The van der Waals surface area contributed by atoms with Crippen LogP contribution in [0.25, 0.3) is 0 Å². The van der Waals surface area contributed by atoms with E-state index in [4.69, 9.17) is 9.57 Å². The standard InChI is InChI=1S/C17H27N3O4S2/c1-4-23-16(21)10-12-20(14-15-8-6-5-7-9-15)26-19(2)17(22)24-18-11-13-25-3/h5-9,18H,4,10-14H2,1-3H3. The summed E-state index contributed by atoms with van der Waals surface area (Å²) in [5.41, 5.74) is 3.73. The fraction of sp³-hybridized carbons (Fsp3) is 0.529. The molecule has 1 amide bonds. The van der Waals surface area contributed by atoms with Gasteiger partial charge in [-0.2, -0.15) is 17.2 Å². The quantitative estimate of drug-likeness (QED) is 0.248. The highest BCUT2D eigenvalue weighted by Crippen LogP contribution is 2.19. The van der Waals surface area contributed by atoms with E-state index in [9.17, 15) is 9.59 Å². The molecule has 0 aliphatic carbocycles. The van der Waals surface area contributed by atoms with Crippen LogP contribution in [0.5, 0.6) is 0 Å². The molecule has 0 aliphatic rings. The first-order valence-corrected chi connectivity index (χ1v) is 10.5. The Hall–Kier alpha value is -1.42. The first kappa shape index (κ1) is 22.6. The maximum Gasteiger partial charge on any atom is 0.439 e. The zero-order valence-corrected chi connectivity index (χ0v) is 17.1. The number of rotatable bonds is 12. The van der Waals surface area contributed by atoms with Gasteiger partial charge >= 0.3 is 12.1 Å². The number of hydrogen-bond acceptors (Lipinski definition) is 8. The van der Waals surface area contributed by atoms with Gasteiger partial charge in [0.25, 0.3) is 0 Å². The van der Waals surface area contributed by atoms with E-state index in [0.29, 0.717) is 26.2 Å². The van der Waals surface area contributed by atoms with Crippen molar-refractivity contribution in [2.24, 2.45) is 0 Å². The summed E-state index contributed by atoms with van der Waals surface area (Å²) in [5.74, 6) is 0.596. The Bertz CT molecular complexity index is 534. The van der Waals surface area contributed by atoms with Gasteiger partial charge in [0, 0.05) is 44.6 Å². The molecule has 0 aliphatic heterocycles. The third-order valence-corrected chi connectivity index (χ3v) is 4.68. The normalized spacial score (nSPS) is 10.6. The Morgan fingerprint density at radius 2 is 1.96 bits per heavy atom. The summed E-state index contributed by atoms with van der Waals surface area (Å²) in [6, 6.07) is 9.86. The van der Waals surface area contributed by atoms with Gasteiger partial charge in [0.15, 0.2) is 0 Å². The lowest BCUT2D eigenvalue weighted by atomic mass is 10.2. The zero-order chi connectivity index (χ0) is 19.2. The van der Waals surface area contributed by atoms with Gasteiger partial charge < -0.3 is 9.57 Å². The number of esters is 1. The van der Waals surface area contributed by atoms with Crippen LogP contribution in [-0.4, -0.2) is 59.4 Å². The van der Waals surface area contributed by atoms with Gasteiger partial charge in [0.05, 0.1) is 13.0 Å². The highest BCUT2D eigenvalue weighted by atomic mass is 32.2. The van der Waals surface area contributed by atoms with E-state index in [0.717, 1.165) is 11.3 Å². The number of carbonyl (C=O) groups is 2. The molecule has 0 fully saturated rings. The Labute approximate surface area is 164 Å². The first-order valence-electron chi connectivity index (χ1n) is 8.35. The minimum absolute atomic E-state index is 0.253. The monoisotopic (exact) mass is 401 g/mol. The van der Waals surface area contributed by atoms with Gasteiger partial charge in [-0.15, -0.1) is 0 Å². The van der Waals surface area contributed by atoms with Crippen molar-refractivity contribution in [2.45, 2.75) is 19.9 Å². The van der Waals surface area contributed by atoms with E-state index in [2.05, 4.69) is 5.48 Å². The Kier molecular flexibility index (Phi) is 12.0. The summed E-state index contributed by atoms with van der Waals surface area (Å²) >= 11 is 2.87. The van der Waals surface area contributed by atoms with E-state index in [1.807, 2.05) is 40.9 Å². The van der Waals surface area contributed by atoms with Crippen molar-refractivity contribution in [2.75, 3.05) is 38.8 Å². The average molecular weight is 402 g/mol. The fourth-order valence-electron chi connectivity index (χ4n) is 1.91. The lowest BCUT2D eigenvalue weighted by molar-refractivity contribution is -0.143. The summed E-state index contributed by atoms with van der Waals surface area (Å²) in [4.78, 5) is 28.7. The molecule has 0 unspecified atom stereocenters. The Balaban J connectivity index is 2.56. The number of ether oxygens (including phenoxy) is 1. The second-order valence-corrected chi connectivity index (χ2v) is 7.45. The smallest absolute Gasteiger partial charge is 0.439 e. The van der Waals surface area contributed by atoms with Crippen LogP contribution < -0.4 is 5.48 Å². The number of amides is 1.